The first-order chi connectivity index (χ1) is 35.5. The minimum atomic E-state index is -0.517. The number of alkyl carbamates (subject to hydrolysis) is 1. The Morgan fingerprint density at radius 3 is 1.77 bits per heavy atom. The number of nitrogens with one attached hydrogen (secondary N) is 3. The number of ketones is 1. The summed E-state index contributed by atoms with van der Waals surface area (Å²) in [5.74, 6) is 3.47. The zero-order valence-electron chi connectivity index (χ0n) is 43.9. The molecule has 2 unspecified atom stereocenters. The van der Waals surface area contributed by atoms with Crippen LogP contribution in [0.3, 0.4) is 0 Å². The molecule has 0 spiro atoms. The molecule has 0 bridgehead atoms. The fourth-order valence-corrected chi connectivity index (χ4v) is 11.2. The molecule has 2 aliphatic heterocycles. The largest absolute Gasteiger partial charge is 0.444 e. The van der Waals surface area contributed by atoms with E-state index in [4.69, 9.17) is 9.84 Å². The number of hydrogen-bond acceptors (Lipinski definition) is 15. The monoisotopic (exact) mass is 1020 g/mol. The number of Topliss-reactive ketones (excluding diaryl/α,β-unsaturated/α-hetero) is 1. The first-order valence-electron chi connectivity index (χ1n) is 25.9. The van der Waals surface area contributed by atoms with Gasteiger partial charge in [0.05, 0.1) is 51.8 Å². The van der Waals surface area contributed by atoms with Gasteiger partial charge in [0.25, 0.3) is 0 Å². The lowest BCUT2D eigenvalue weighted by Gasteiger charge is -2.28. The first kappa shape index (κ1) is 50.6. The van der Waals surface area contributed by atoms with Crippen molar-refractivity contribution in [3.63, 3.8) is 0 Å². The van der Waals surface area contributed by atoms with Crippen LogP contribution in [-0.4, -0.2) is 98.9 Å². The van der Waals surface area contributed by atoms with Crippen molar-refractivity contribution in [2.24, 2.45) is 0 Å². The number of nitrogens with zero attached hydrogens (tertiary/aromatic N) is 11. The van der Waals surface area contributed by atoms with Gasteiger partial charge in [0, 0.05) is 79.6 Å². The van der Waals surface area contributed by atoms with E-state index in [1.54, 1.807) is 18.9 Å². The van der Waals surface area contributed by atoms with Crippen LogP contribution in [-0.2, 0) is 49.2 Å². The first-order valence-corrected chi connectivity index (χ1v) is 26.7. The number of rotatable bonds is 10. The topological polar surface area (TPSA) is 186 Å². The van der Waals surface area contributed by atoms with Crippen LogP contribution in [0.4, 0.5) is 28.1 Å². The number of carbonyl (C=O) groups is 2. The number of benzene rings is 2. The summed E-state index contributed by atoms with van der Waals surface area (Å²) >= 11 is 1.54. The minimum absolute atomic E-state index is 0.0392. The molecule has 0 saturated carbocycles. The lowest BCUT2D eigenvalue weighted by atomic mass is 9.79. The number of carbonyl (C=O) groups excluding carboxylic acids is 2. The van der Waals surface area contributed by atoms with E-state index < -0.39 is 5.60 Å². The average Bonchev–Trinajstić information content (AvgIpc) is 4.13. The highest BCUT2D eigenvalue weighted by Gasteiger charge is 2.28. The molecule has 4 aliphatic rings. The van der Waals surface area contributed by atoms with E-state index in [2.05, 4.69) is 149 Å². The van der Waals surface area contributed by atoms with Crippen LogP contribution in [0.5, 0.6) is 0 Å². The third-order valence-electron chi connectivity index (χ3n) is 14.0. The summed E-state index contributed by atoms with van der Waals surface area (Å²) in [6.45, 7) is 17.6. The molecule has 1 amide bonds. The van der Waals surface area contributed by atoms with Crippen LogP contribution in [0.1, 0.15) is 134 Å². The summed E-state index contributed by atoms with van der Waals surface area (Å²) in [5, 5.41) is 20.1. The van der Waals surface area contributed by atoms with Crippen LogP contribution < -0.4 is 16.0 Å². The van der Waals surface area contributed by atoms with Crippen LogP contribution in [0.2, 0.25) is 0 Å². The Bertz CT molecular complexity index is 3160. The molecule has 0 fully saturated rings. The van der Waals surface area contributed by atoms with Gasteiger partial charge in [0.15, 0.2) is 17.4 Å². The number of likely N-dealkylation sites (N-methyl/N-ethyl adjacent to an activating group) is 2. The van der Waals surface area contributed by atoms with Crippen LogP contribution in [0.25, 0.3) is 22.5 Å². The lowest BCUT2D eigenvalue weighted by Crippen LogP contribution is -2.36. The number of anilines is 4. The van der Waals surface area contributed by atoms with Crippen molar-refractivity contribution < 1.29 is 14.3 Å². The van der Waals surface area contributed by atoms with E-state index in [0.29, 0.717) is 12.2 Å². The van der Waals surface area contributed by atoms with Gasteiger partial charge in [-0.3, -0.25) is 24.0 Å². The number of hydrogen-bond donors (Lipinski definition) is 3. The predicted molar refractivity (Wildman–Crippen MR) is 289 cm³/mol. The Morgan fingerprint density at radius 1 is 0.662 bits per heavy atom. The number of aryl methyl sites for hydroxylation is 2. The molecule has 11 rings (SSSR count). The van der Waals surface area contributed by atoms with Gasteiger partial charge in [0.1, 0.15) is 29.9 Å². The molecule has 0 saturated heterocycles. The van der Waals surface area contributed by atoms with Gasteiger partial charge in [-0.05, 0) is 114 Å². The molecule has 0 radical (unpaired) electrons. The zero-order chi connectivity index (χ0) is 51.7. The maximum absolute atomic E-state index is 13.2. The summed E-state index contributed by atoms with van der Waals surface area (Å²) in [5.41, 5.74) is 10.6. The van der Waals surface area contributed by atoms with E-state index >= 15 is 0 Å². The Hall–Kier alpha value is -6.89. The fraction of sp³-hybridized carbons (Fsp3) is 0.446. The second kappa shape index (κ2) is 21.2. The molecule has 3 N–H and O–H groups in total. The Labute approximate surface area is 437 Å². The van der Waals surface area contributed by atoms with E-state index in [-0.39, 0.29) is 29.3 Å². The molecular weight excluding hydrogens is 949 g/mol. The van der Waals surface area contributed by atoms with Gasteiger partial charge in [-0.2, -0.15) is 10.2 Å². The second-order valence-electron chi connectivity index (χ2n) is 22.2. The molecule has 7 heterocycles. The number of fused-ring (bicyclic) bond motifs is 4. The highest BCUT2D eigenvalue weighted by Crippen LogP contribution is 2.39. The van der Waals surface area contributed by atoms with Crippen LogP contribution in [0, 0.1) is 0 Å². The van der Waals surface area contributed by atoms with E-state index in [1.165, 1.54) is 39.4 Å². The van der Waals surface area contributed by atoms with Crippen molar-refractivity contribution in [3.05, 3.63) is 123 Å². The van der Waals surface area contributed by atoms with Crippen molar-refractivity contribution >= 4 is 46.5 Å². The highest BCUT2D eigenvalue weighted by atomic mass is 32.1. The predicted octanol–water partition coefficient (Wildman–Crippen LogP) is 10.4. The quantitative estimate of drug-likeness (QED) is 0.110. The Kier molecular flexibility index (Phi) is 14.5. The van der Waals surface area contributed by atoms with E-state index in [0.717, 1.165) is 133 Å². The third-order valence-corrected chi connectivity index (χ3v) is 15.5. The second-order valence-corrected chi connectivity index (χ2v) is 23.2. The fourth-order valence-electron chi connectivity index (χ4n) is 10.3. The molecule has 2 aliphatic carbocycles. The molecule has 7 aromatic rings. The molecule has 5 aromatic heterocycles. The van der Waals surface area contributed by atoms with Gasteiger partial charge in [-0.15, -0.1) is 11.3 Å². The number of amides is 1. The highest BCUT2D eigenvalue weighted by molar-refractivity contribution is 7.13. The van der Waals surface area contributed by atoms with Gasteiger partial charge >= 0.3 is 6.09 Å². The Balaban J connectivity index is 0.000000170. The van der Waals surface area contributed by atoms with Gasteiger partial charge < -0.3 is 20.7 Å². The van der Waals surface area contributed by atoms with E-state index in [1.807, 2.05) is 32.9 Å². The van der Waals surface area contributed by atoms with Crippen molar-refractivity contribution in [1.29, 1.82) is 0 Å². The standard InChI is InChI=1S/C30H35N7OS.C26H33N7O2/c1-30(2,3)29-31-16-26(39-29)25(38)13-20-7-5-6-19-12-21(8-9-23(19)20)24-15-27(33-18-32-24)34-28-14-22-17-36(4)10-11-37(22)35-28;1-26(2,3)35-25(34)29-21-7-5-6-17-12-18(8-9-20(17)21)22-14-23(28-16-27-22)30-24-13-19-15-32(4)10-11-33(19)31-24/h8-9,12,14-16,18,20H,5-7,10-11,13,17H2,1-4H3,(H,32,33,34,35);8-9,12-14,16,21H,5-7,10-11,15H2,1-4H3,(H,29,34)(H,27,28,30,31). The molecule has 17 nitrogen and oxygen atoms in total. The molecule has 74 heavy (non-hydrogen) atoms. The van der Waals surface area contributed by atoms with Crippen molar-refractivity contribution in [1.82, 2.24) is 59.6 Å². The Morgan fingerprint density at radius 2 is 1.22 bits per heavy atom. The molecule has 18 heteroatoms. The van der Waals surface area contributed by atoms with Gasteiger partial charge in [0.2, 0.25) is 0 Å². The smallest absolute Gasteiger partial charge is 0.408 e. The van der Waals surface area contributed by atoms with Gasteiger partial charge in [-0.25, -0.2) is 29.7 Å². The average molecular weight is 1020 g/mol. The van der Waals surface area contributed by atoms with Crippen molar-refractivity contribution in [3.8, 4) is 22.5 Å². The number of thiazole rings is 1. The summed E-state index contributed by atoms with van der Waals surface area (Å²) in [6.07, 6.45) is 11.1. The lowest BCUT2D eigenvalue weighted by molar-refractivity contribution is 0.0498. The molecular formula is C56H68N14O3S. The maximum atomic E-state index is 13.2. The van der Waals surface area contributed by atoms with Crippen LogP contribution >= 0.6 is 11.3 Å². The molecule has 386 valence electrons. The summed E-state index contributed by atoms with van der Waals surface area (Å²) in [4.78, 5) is 53.3. The molecule has 2 atom stereocenters. The van der Waals surface area contributed by atoms with Crippen LogP contribution in [0.15, 0.2) is 79.5 Å². The normalized spacial score (nSPS) is 17.7. The molecule has 2 aromatic carbocycles. The summed E-state index contributed by atoms with van der Waals surface area (Å²) in [7, 11) is 4.25. The summed E-state index contributed by atoms with van der Waals surface area (Å²) < 4.78 is 9.57. The number of aromatic nitrogens is 9. The SMILES string of the molecule is CN1CCn2nc(Nc3cc(-c4ccc5c(c4)CCCC5CC(=O)c4cnc(C(C)(C)C)s4)ncn3)cc2C1.CN1CCn2nc(Nc3cc(-c4ccc5c(c4)CCCC5NC(=O)OC(C)(C)C)ncn3)cc2C1. The zero-order valence-corrected chi connectivity index (χ0v) is 44.7. The maximum Gasteiger partial charge on any atom is 0.408 e. The third kappa shape index (κ3) is 12.0. The van der Waals surface area contributed by atoms with E-state index in [9.17, 15) is 9.59 Å². The van der Waals surface area contributed by atoms with Crippen molar-refractivity contribution in [2.75, 3.05) is 37.8 Å². The number of ether oxygens (including phenoxy) is 1. The van der Waals surface area contributed by atoms with Crippen molar-refractivity contribution in [2.45, 2.75) is 136 Å². The summed E-state index contributed by atoms with van der Waals surface area (Å²) in [6, 6.07) is 21.0. The van der Waals surface area contributed by atoms with Gasteiger partial charge in [-0.1, -0.05) is 45.0 Å². The minimum Gasteiger partial charge on any atom is -0.444 e.